The van der Waals surface area contributed by atoms with Gasteiger partial charge in [0.1, 0.15) is 0 Å². The van der Waals surface area contributed by atoms with Crippen LogP contribution in [-0.2, 0) is 4.74 Å². The van der Waals surface area contributed by atoms with Gasteiger partial charge in [-0.1, -0.05) is 11.6 Å². The van der Waals surface area contributed by atoms with E-state index in [4.69, 9.17) is 16.3 Å². The van der Waals surface area contributed by atoms with Crippen LogP contribution in [0.3, 0.4) is 0 Å². The third kappa shape index (κ3) is 3.68. The topological polar surface area (TPSA) is 21.3 Å². The Bertz CT molecular complexity index is 298. The van der Waals surface area contributed by atoms with Crippen LogP contribution in [-0.4, -0.2) is 31.6 Å². The highest BCUT2D eigenvalue weighted by Gasteiger charge is 2.13. The average molecular weight is 244 g/mol. The number of rotatable bonds is 3. The van der Waals surface area contributed by atoms with Gasteiger partial charge in [-0.2, -0.15) is 0 Å². The summed E-state index contributed by atoms with van der Waals surface area (Å²) in [6.45, 7) is 2.76. The maximum atomic E-state index is 5.82. The molecule has 2 nitrogen and oxygen atoms in total. The molecule has 2 rings (SSSR count). The predicted molar refractivity (Wildman–Crippen MR) is 64.8 cm³/mol. The van der Waals surface area contributed by atoms with Gasteiger partial charge in [0.25, 0.3) is 0 Å². The number of halogens is 1. The summed E-state index contributed by atoms with van der Waals surface area (Å²) in [7, 11) is 0. The molecule has 4 heteroatoms. The van der Waals surface area contributed by atoms with Gasteiger partial charge < -0.3 is 10.1 Å². The number of nitrogens with one attached hydrogen (secondary N) is 1. The van der Waals surface area contributed by atoms with Gasteiger partial charge in [-0.15, -0.1) is 11.8 Å². The van der Waals surface area contributed by atoms with E-state index >= 15 is 0 Å². The Morgan fingerprint density at radius 2 is 2.20 bits per heavy atom. The van der Waals surface area contributed by atoms with Crippen LogP contribution in [0.5, 0.6) is 0 Å². The summed E-state index contributed by atoms with van der Waals surface area (Å²) in [4.78, 5) is 1.24. The Kier molecular flexibility index (Phi) is 4.32. The Labute approximate surface area is 99.3 Å². The molecule has 0 aromatic heterocycles. The second-order valence-corrected chi connectivity index (χ2v) is 4.99. The summed E-state index contributed by atoms with van der Waals surface area (Å²) in [6, 6.07) is 7.93. The summed E-state index contributed by atoms with van der Waals surface area (Å²) < 4.78 is 5.61. The van der Waals surface area contributed by atoms with Crippen LogP contribution >= 0.6 is 23.4 Å². The van der Waals surface area contributed by atoms with Crippen LogP contribution in [0.2, 0.25) is 5.02 Å². The lowest BCUT2D eigenvalue weighted by molar-refractivity contribution is 0.0441. The predicted octanol–water partition coefficient (Wildman–Crippen LogP) is 2.42. The number of thioether (sulfide) groups is 1. The minimum atomic E-state index is 0.333. The number of hydrogen-bond acceptors (Lipinski definition) is 3. The highest BCUT2D eigenvalue weighted by molar-refractivity contribution is 7.99. The molecule has 15 heavy (non-hydrogen) atoms. The van der Waals surface area contributed by atoms with Crippen LogP contribution in [0.25, 0.3) is 0 Å². The Hall–Kier alpha value is -0.220. The summed E-state index contributed by atoms with van der Waals surface area (Å²) in [5, 5.41) is 4.11. The SMILES string of the molecule is Clc1ccc(SCC2CNCCO2)cc1. The summed E-state index contributed by atoms with van der Waals surface area (Å²) in [5.74, 6) is 0.995. The Morgan fingerprint density at radius 1 is 1.40 bits per heavy atom. The lowest BCUT2D eigenvalue weighted by Gasteiger charge is -2.23. The van der Waals surface area contributed by atoms with Crippen LogP contribution in [0.15, 0.2) is 29.2 Å². The summed E-state index contributed by atoms with van der Waals surface area (Å²) in [5.41, 5.74) is 0. The molecule has 1 aromatic rings. The largest absolute Gasteiger partial charge is 0.375 e. The second kappa shape index (κ2) is 5.75. The first kappa shape index (κ1) is 11.3. The van der Waals surface area contributed by atoms with E-state index in [0.29, 0.717) is 6.10 Å². The van der Waals surface area contributed by atoms with Crippen molar-refractivity contribution in [3.63, 3.8) is 0 Å². The molecule has 82 valence electrons. The molecule has 0 amide bonds. The maximum Gasteiger partial charge on any atom is 0.0793 e. The smallest absolute Gasteiger partial charge is 0.0793 e. The van der Waals surface area contributed by atoms with Crippen molar-refractivity contribution < 1.29 is 4.74 Å². The van der Waals surface area contributed by atoms with Crippen molar-refractivity contribution in [3.8, 4) is 0 Å². The first-order valence-electron chi connectivity index (χ1n) is 5.05. The zero-order valence-electron chi connectivity index (χ0n) is 8.41. The van der Waals surface area contributed by atoms with E-state index in [9.17, 15) is 0 Å². The van der Waals surface area contributed by atoms with Gasteiger partial charge in [0.15, 0.2) is 0 Å². The van der Waals surface area contributed by atoms with Gasteiger partial charge in [-0.25, -0.2) is 0 Å². The molecule has 1 heterocycles. The zero-order chi connectivity index (χ0) is 10.5. The molecule has 1 saturated heterocycles. The fourth-order valence-electron chi connectivity index (χ4n) is 1.45. The van der Waals surface area contributed by atoms with Crippen molar-refractivity contribution in [3.05, 3.63) is 29.3 Å². The highest BCUT2D eigenvalue weighted by atomic mass is 35.5. The Morgan fingerprint density at radius 3 is 2.87 bits per heavy atom. The van der Waals surface area contributed by atoms with E-state index in [-0.39, 0.29) is 0 Å². The van der Waals surface area contributed by atoms with E-state index < -0.39 is 0 Å². The number of morpholine rings is 1. The van der Waals surface area contributed by atoms with Crippen LogP contribution in [0, 0.1) is 0 Å². The van der Waals surface area contributed by atoms with Crippen molar-refractivity contribution in [2.24, 2.45) is 0 Å². The molecule has 0 radical (unpaired) electrons. The van der Waals surface area contributed by atoms with Crippen molar-refractivity contribution in [2.45, 2.75) is 11.0 Å². The van der Waals surface area contributed by atoms with Crippen LogP contribution in [0.4, 0.5) is 0 Å². The number of benzene rings is 1. The first-order valence-corrected chi connectivity index (χ1v) is 6.41. The monoisotopic (exact) mass is 243 g/mol. The Balaban J connectivity index is 1.79. The van der Waals surface area contributed by atoms with Crippen molar-refractivity contribution in [1.29, 1.82) is 0 Å². The van der Waals surface area contributed by atoms with Crippen LogP contribution < -0.4 is 5.32 Å². The quantitative estimate of drug-likeness (QED) is 0.824. The standard InChI is InChI=1S/C11H14ClNOS/c12-9-1-3-11(4-2-9)15-8-10-7-13-5-6-14-10/h1-4,10,13H,5-8H2. The molecular formula is C11H14ClNOS. The van der Waals surface area contributed by atoms with E-state index in [2.05, 4.69) is 5.32 Å². The molecule has 0 spiro atoms. The van der Waals surface area contributed by atoms with E-state index in [1.54, 1.807) is 0 Å². The number of ether oxygens (including phenoxy) is 1. The van der Waals surface area contributed by atoms with Gasteiger partial charge in [-0.3, -0.25) is 0 Å². The molecule has 1 unspecified atom stereocenters. The van der Waals surface area contributed by atoms with Crippen LogP contribution in [0.1, 0.15) is 0 Å². The molecule has 1 aliphatic rings. The minimum Gasteiger partial charge on any atom is -0.375 e. The van der Waals surface area contributed by atoms with Crippen molar-refractivity contribution in [1.82, 2.24) is 5.32 Å². The van der Waals surface area contributed by atoms with E-state index in [0.717, 1.165) is 30.5 Å². The highest BCUT2D eigenvalue weighted by Crippen LogP contribution is 2.21. The molecule has 1 aliphatic heterocycles. The van der Waals surface area contributed by atoms with E-state index in [1.807, 2.05) is 36.0 Å². The lowest BCUT2D eigenvalue weighted by Crippen LogP contribution is -2.39. The normalized spacial score (nSPS) is 21.5. The third-order valence-electron chi connectivity index (χ3n) is 2.25. The van der Waals surface area contributed by atoms with Crippen molar-refractivity contribution in [2.75, 3.05) is 25.4 Å². The van der Waals surface area contributed by atoms with Gasteiger partial charge >= 0.3 is 0 Å². The number of hydrogen-bond donors (Lipinski definition) is 1. The van der Waals surface area contributed by atoms with Gasteiger partial charge in [0, 0.05) is 28.8 Å². The lowest BCUT2D eigenvalue weighted by atomic mass is 10.3. The van der Waals surface area contributed by atoms with Gasteiger partial charge in [0.05, 0.1) is 12.7 Å². The molecule has 1 fully saturated rings. The summed E-state index contributed by atoms with van der Waals surface area (Å²) >= 11 is 7.63. The van der Waals surface area contributed by atoms with Gasteiger partial charge in [0.2, 0.25) is 0 Å². The summed E-state index contributed by atoms with van der Waals surface area (Å²) in [6.07, 6.45) is 0.333. The third-order valence-corrected chi connectivity index (χ3v) is 3.65. The molecular weight excluding hydrogens is 230 g/mol. The molecule has 1 N–H and O–H groups in total. The molecule has 1 atom stereocenters. The minimum absolute atomic E-state index is 0.333. The first-order chi connectivity index (χ1) is 7.34. The van der Waals surface area contributed by atoms with E-state index in [1.165, 1.54) is 4.90 Å². The second-order valence-electron chi connectivity index (χ2n) is 3.46. The fourth-order valence-corrected chi connectivity index (χ4v) is 2.49. The van der Waals surface area contributed by atoms with Crippen molar-refractivity contribution >= 4 is 23.4 Å². The average Bonchev–Trinajstić information content (AvgIpc) is 2.30. The molecule has 0 saturated carbocycles. The fraction of sp³-hybridized carbons (Fsp3) is 0.455. The molecule has 0 bridgehead atoms. The zero-order valence-corrected chi connectivity index (χ0v) is 9.98. The maximum absolute atomic E-state index is 5.82. The molecule has 0 aliphatic carbocycles. The van der Waals surface area contributed by atoms with Gasteiger partial charge in [-0.05, 0) is 24.3 Å². The molecule has 1 aromatic carbocycles.